The van der Waals surface area contributed by atoms with Gasteiger partial charge in [-0.05, 0) is 61.0 Å². The van der Waals surface area contributed by atoms with Gasteiger partial charge in [0.05, 0.1) is 23.1 Å². The van der Waals surface area contributed by atoms with E-state index in [-0.39, 0.29) is 34.9 Å². The van der Waals surface area contributed by atoms with Crippen molar-refractivity contribution in [3.8, 4) is 11.5 Å². The molecule has 0 saturated carbocycles. The van der Waals surface area contributed by atoms with Crippen LogP contribution >= 0.6 is 0 Å². The number of hydrogen-bond donors (Lipinski definition) is 2. The van der Waals surface area contributed by atoms with Gasteiger partial charge in [-0.2, -0.15) is 0 Å². The number of hydrogen-bond acceptors (Lipinski definition) is 8. The molecular weight excluding hydrogens is 478 g/mol. The molecule has 0 aliphatic carbocycles. The fourth-order valence-corrected chi connectivity index (χ4v) is 4.19. The number of anilines is 2. The molecule has 0 aromatic heterocycles. The fourth-order valence-electron chi connectivity index (χ4n) is 4.19. The number of amides is 1. The molecule has 37 heavy (non-hydrogen) atoms. The third-order valence-electron chi connectivity index (χ3n) is 6.04. The summed E-state index contributed by atoms with van der Waals surface area (Å²) in [6.07, 6.45) is 0. The maximum atomic E-state index is 13.3. The quantitative estimate of drug-likeness (QED) is 0.159. The summed E-state index contributed by atoms with van der Waals surface area (Å²) in [6.45, 7) is 2.02. The van der Waals surface area contributed by atoms with E-state index in [0.29, 0.717) is 11.3 Å². The van der Waals surface area contributed by atoms with E-state index in [1.54, 1.807) is 37.3 Å². The number of Topliss-reactive ketones (excluding diaryl/α,β-unsaturated/α-hetero) is 1. The van der Waals surface area contributed by atoms with Gasteiger partial charge in [0, 0.05) is 43.2 Å². The maximum Gasteiger partial charge on any atom is 0.300 e. The number of nitro groups is 1. The molecule has 1 amide bonds. The van der Waals surface area contributed by atoms with E-state index in [1.165, 1.54) is 41.3 Å². The molecule has 4 rings (SSSR count). The highest BCUT2D eigenvalue weighted by Gasteiger charge is 2.47. The van der Waals surface area contributed by atoms with E-state index in [9.17, 15) is 29.9 Å². The summed E-state index contributed by atoms with van der Waals surface area (Å²) < 4.78 is 5.50. The van der Waals surface area contributed by atoms with Crippen molar-refractivity contribution in [3.05, 3.63) is 93.5 Å². The summed E-state index contributed by atoms with van der Waals surface area (Å²) in [5.41, 5.74) is 1.48. The normalized spacial score (nSPS) is 16.6. The smallest absolute Gasteiger partial charge is 0.300 e. The number of nitrogens with zero attached hydrogens (tertiary/aromatic N) is 3. The molecule has 3 aromatic rings. The Kier molecular flexibility index (Phi) is 6.83. The summed E-state index contributed by atoms with van der Waals surface area (Å²) in [5.74, 6) is -2.20. The number of nitro benzene ring substituents is 1. The lowest BCUT2D eigenvalue weighted by Gasteiger charge is -2.26. The van der Waals surface area contributed by atoms with Crippen molar-refractivity contribution >= 4 is 34.5 Å². The zero-order valence-electron chi connectivity index (χ0n) is 20.4. The molecular formula is C27H25N3O7. The summed E-state index contributed by atoms with van der Waals surface area (Å²) in [5, 5.41) is 32.4. The largest absolute Gasteiger partial charge is 0.507 e. The van der Waals surface area contributed by atoms with Gasteiger partial charge in [0.15, 0.2) is 11.5 Å². The highest BCUT2D eigenvalue weighted by molar-refractivity contribution is 6.51. The number of phenols is 1. The lowest BCUT2D eigenvalue weighted by Crippen LogP contribution is -2.29. The Morgan fingerprint density at radius 1 is 1.05 bits per heavy atom. The van der Waals surface area contributed by atoms with Gasteiger partial charge in [0.2, 0.25) is 0 Å². The van der Waals surface area contributed by atoms with Crippen LogP contribution in [0.3, 0.4) is 0 Å². The van der Waals surface area contributed by atoms with Crippen molar-refractivity contribution in [1.29, 1.82) is 0 Å². The first-order valence-electron chi connectivity index (χ1n) is 11.4. The van der Waals surface area contributed by atoms with Crippen LogP contribution in [-0.4, -0.2) is 47.5 Å². The summed E-state index contributed by atoms with van der Waals surface area (Å²) in [7, 11) is 3.74. The van der Waals surface area contributed by atoms with Crippen molar-refractivity contribution in [3.63, 3.8) is 0 Å². The number of rotatable bonds is 7. The van der Waals surface area contributed by atoms with Crippen LogP contribution in [0.25, 0.3) is 5.76 Å². The number of phenolic OH excluding ortho intramolecular Hbond substituents is 1. The van der Waals surface area contributed by atoms with Crippen LogP contribution in [0.5, 0.6) is 11.5 Å². The van der Waals surface area contributed by atoms with Crippen molar-refractivity contribution in [1.82, 2.24) is 0 Å². The lowest BCUT2D eigenvalue weighted by atomic mass is 9.94. The van der Waals surface area contributed by atoms with Crippen LogP contribution in [0.4, 0.5) is 17.1 Å². The first kappa shape index (κ1) is 25.2. The molecule has 1 aliphatic rings. The van der Waals surface area contributed by atoms with E-state index in [2.05, 4.69) is 0 Å². The molecule has 10 heteroatoms. The second-order valence-corrected chi connectivity index (χ2v) is 8.54. The molecule has 1 saturated heterocycles. The SMILES string of the molecule is CCOc1cc(C2/C(=C(/O)c3ccc([N+](=O)[O-])cc3)C(=O)C(=O)N2c2ccc(N(C)C)cc2)ccc1O. The first-order chi connectivity index (χ1) is 17.6. The number of aliphatic hydroxyl groups excluding tert-OH is 1. The number of ketones is 1. The maximum absolute atomic E-state index is 13.3. The minimum Gasteiger partial charge on any atom is -0.507 e. The number of benzene rings is 3. The zero-order valence-corrected chi connectivity index (χ0v) is 20.4. The molecule has 0 bridgehead atoms. The van der Waals surface area contributed by atoms with Crippen LogP contribution < -0.4 is 14.5 Å². The summed E-state index contributed by atoms with van der Waals surface area (Å²) in [4.78, 5) is 40.3. The van der Waals surface area contributed by atoms with Gasteiger partial charge >= 0.3 is 0 Å². The summed E-state index contributed by atoms with van der Waals surface area (Å²) in [6, 6.07) is 15.4. The topological polar surface area (TPSA) is 133 Å². The minimum absolute atomic E-state index is 0.117. The van der Waals surface area contributed by atoms with E-state index < -0.39 is 28.4 Å². The zero-order chi connectivity index (χ0) is 26.9. The number of aromatic hydroxyl groups is 1. The molecule has 1 heterocycles. The number of carbonyl (C=O) groups excluding carboxylic acids is 2. The monoisotopic (exact) mass is 503 g/mol. The molecule has 10 nitrogen and oxygen atoms in total. The van der Waals surface area contributed by atoms with Gasteiger partial charge in [-0.3, -0.25) is 24.6 Å². The third-order valence-corrected chi connectivity index (χ3v) is 6.04. The minimum atomic E-state index is -1.06. The van der Waals surface area contributed by atoms with Crippen molar-refractivity contribution < 1.29 is 29.5 Å². The number of ether oxygens (including phenoxy) is 1. The average Bonchev–Trinajstić information content (AvgIpc) is 3.15. The molecule has 0 spiro atoms. The van der Waals surface area contributed by atoms with Gasteiger partial charge in [-0.1, -0.05) is 6.07 Å². The van der Waals surface area contributed by atoms with Gasteiger partial charge in [-0.25, -0.2) is 0 Å². The first-order valence-corrected chi connectivity index (χ1v) is 11.4. The Balaban J connectivity index is 1.92. The highest BCUT2D eigenvalue weighted by atomic mass is 16.6. The van der Waals surface area contributed by atoms with Crippen LogP contribution in [0, 0.1) is 10.1 Å². The lowest BCUT2D eigenvalue weighted by molar-refractivity contribution is -0.384. The molecule has 1 aliphatic heterocycles. The summed E-state index contributed by atoms with van der Waals surface area (Å²) >= 11 is 0. The molecule has 2 N–H and O–H groups in total. The second-order valence-electron chi connectivity index (χ2n) is 8.54. The van der Waals surface area contributed by atoms with E-state index in [4.69, 9.17) is 4.74 Å². The molecule has 190 valence electrons. The van der Waals surface area contributed by atoms with Crippen molar-refractivity contribution in [2.75, 3.05) is 30.5 Å². The molecule has 1 atom stereocenters. The Morgan fingerprint density at radius 3 is 2.27 bits per heavy atom. The predicted molar refractivity (Wildman–Crippen MR) is 138 cm³/mol. The van der Waals surface area contributed by atoms with Gasteiger partial charge in [-0.15, -0.1) is 0 Å². The van der Waals surface area contributed by atoms with Gasteiger partial charge in [0.25, 0.3) is 17.4 Å². The third kappa shape index (κ3) is 4.68. The average molecular weight is 504 g/mol. The Labute approximate surface area is 212 Å². The van der Waals surface area contributed by atoms with Crippen LogP contribution in [0.2, 0.25) is 0 Å². The Hall–Kier alpha value is -4.86. The molecule has 3 aromatic carbocycles. The van der Waals surface area contributed by atoms with E-state index in [0.717, 1.165) is 5.69 Å². The molecule has 1 fully saturated rings. The number of aliphatic hydroxyl groups is 1. The van der Waals surface area contributed by atoms with Gasteiger partial charge < -0.3 is 19.8 Å². The number of non-ortho nitro benzene ring substituents is 1. The Morgan fingerprint density at radius 2 is 1.70 bits per heavy atom. The van der Waals surface area contributed by atoms with E-state index >= 15 is 0 Å². The van der Waals surface area contributed by atoms with Crippen molar-refractivity contribution in [2.45, 2.75) is 13.0 Å². The molecule has 0 radical (unpaired) electrons. The van der Waals surface area contributed by atoms with Crippen LogP contribution in [-0.2, 0) is 9.59 Å². The predicted octanol–water partition coefficient (Wildman–Crippen LogP) is 4.39. The second kappa shape index (κ2) is 10.0. The number of carbonyl (C=O) groups is 2. The fraction of sp³-hybridized carbons (Fsp3) is 0.185. The van der Waals surface area contributed by atoms with Crippen LogP contribution in [0.1, 0.15) is 24.1 Å². The van der Waals surface area contributed by atoms with Gasteiger partial charge in [0.1, 0.15) is 5.76 Å². The standard InChI is InChI=1S/C27H25N3O7/c1-4-37-22-15-17(7-14-21(22)31)24-23(25(32)16-5-8-20(9-6-16)30(35)36)26(33)27(34)29(24)19-12-10-18(11-13-19)28(2)3/h5-15,24,31-32H,4H2,1-3H3/b25-23-. The molecule has 1 unspecified atom stereocenters. The Bertz CT molecular complexity index is 1400. The van der Waals surface area contributed by atoms with Crippen LogP contribution in [0.15, 0.2) is 72.3 Å². The van der Waals surface area contributed by atoms with E-state index in [1.807, 2.05) is 19.0 Å². The van der Waals surface area contributed by atoms with Crippen molar-refractivity contribution in [2.24, 2.45) is 0 Å². The highest BCUT2D eigenvalue weighted by Crippen LogP contribution is 2.44.